The van der Waals surface area contributed by atoms with Crippen LogP contribution >= 0.6 is 0 Å². The van der Waals surface area contributed by atoms with Crippen molar-refractivity contribution in [2.24, 2.45) is 0 Å². The molecule has 0 atom stereocenters. The zero-order chi connectivity index (χ0) is 21.1. The number of aryl methyl sites for hydroxylation is 2. The van der Waals surface area contributed by atoms with Gasteiger partial charge in [-0.25, -0.2) is 0 Å². The van der Waals surface area contributed by atoms with E-state index in [1.54, 1.807) is 9.80 Å². The van der Waals surface area contributed by atoms with Gasteiger partial charge in [0.1, 0.15) is 0 Å². The Balaban J connectivity index is 1.29. The molecule has 2 amide bonds. The fourth-order valence-corrected chi connectivity index (χ4v) is 4.26. The molecule has 6 nitrogen and oxygen atoms in total. The second-order valence-corrected chi connectivity index (χ2v) is 8.24. The number of hydrogen-bond acceptors (Lipinski definition) is 4. The number of benzene rings is 2. The van der Waals surface area contributed by atoms with Crippen molar-refractivity contribution >= 4 is 23.2 Å². The minimum absolute atomic E-state index is 0.358. The van der Waals surface area contributed by atoms with Gasteiger partial charge in [-0.3, -0.25) is 9.59 Å². The third kappa shape index (κ3) is 4.42. The van der Waals surface area contributed by atoms with E-state index in [4.69, 9.17) is 0 Å². The summed E-state index contributed by atoms with van der Waals surface area (Å²) in [6.07, 6.45) is 0. The molecule has 0 aromatic heterocycles. The van der Waals surface area contributed by atoms with Crippen LogP contribution in [0, 0.1) is 13.8 Å². The largest absolute Gasteiger partial charge is 0.368 e. The van der Waals surface area contributed by atoms with E-state index in [-0.39, 0.29) is 11.8 Å². The van der Waals surface area contributed by atoms with Crippen LogP contribution in [0.3, 0.4) is 0 Å². The van der Waals surface area contributed by atoms with Crippen molar-refractivity contribution in [2.75, 3.05) is 62.2 Å². The molecule has 2 fully saturated rings. The average Bonchev–Trinajstić information content (AvgIpc) is 2.78. The van der Waals surface area contributed by atoms with Crippen LogP contribution in [0.4, 0.5) is 11.4 Å². The van der Waals surface area contributed by atoms with Gasteiger partial charge in [-0.15, -0.1) is 0 Å². The molecule has 30 heavy (non-hydrogen) atoms. The highest BCUT2D eigenvalue weighted by Gasteiger charge is 2.31. The lowest BCUT2D eigenvalue weighted by molar-refractivity contribution is -0.152. The molecule has 158 valence electrons. The second kappa shape index (κ2) is 8.78. The molecule has 2 aromatic carbocycles. The van der Waals surface area contributed by atoms with Crippen molar-refractivity contribution in [3.8, 4) is 0 Å². The average molecular weight is 407 g/mol. The fourth-order valence-electron chi connectivity index (χ4n) is 4.26. The summed E-state index contributed by atoms with van der Waals surface area (Å²) in [5.41, 5.74) is 4.82. The van der Waals surface area contributed by atoms with Crippen LogP contribution in [0.1, 0.15) is 11.1 Å². The van der Waals surface area contributed by atoms with Gasteiger partial charge in [0.2, 0.25) is 0 Å². The Bertz CT molecular complexity index is 837. The van der Waals surface area contributed by atoms with Crippen molar-refractivity contribution in [1.82, 2.24) is 9.80 Å². The number of carbonyl (C=O) groups excluding carboxylic acids is 2. The van der Waals surface area contributed by atoms with Crippen LogP contribution in [0.25, 0.3) is 0 Å². The molecule has 2 heterocycles. The molecule has 6 heteroatoms. The van der Waals surface area contributed by atoms with Crippen LogP contribution in [0.2, 0.25) is 0 Å². The number of hydrogen-bond donors (Lipinski definition) is 0. The van der Waals surface area contributed by atoms with Gasteiger partial charge in [-0.2, -0.15) is 0 Å². The molecule has 2 saturated heterocycles. The third-order valence-corrected chi connectivity index (χ3v) is 6.05. The predicted octanol–water partition coefficient (Wildman–Crippen LogP) is 2.30. The lowest BCUT2D eigenvalue weighted by atomic mass is 10.2. The minimum atomic E-state index is -0.358. The molecule has 0 aliphatic carbocycles. The highest BCUT2D eigenvalue weighted by molar-refractivity contribution is 6.35. The van der Waals surface area contributed by atoms with Gasteiger partial charge >= 0.3 is 11.8 Å². The smallest absolute Gasteiger partial charge is 0.312 e. The summed E-state index contributed by atoms with van der Waals surface area (Å²) in [6, 6.07) is 16.8. The van der Waals surface area contributed by atoms with E-state index in [1.165, 1.54) is 22.5 Å². The summed E-state index contributed by atoms with van der Waals surface area (Å²) in [7, 11) is 0. The van der Waals surface area contributed by atoms with E-state index >= 15 is 0 Å². The van der Waals surface area contributed by atoms with Crippen molar-refractivity contribution in [3.05, 3.63) is 59.7 Å². The van der Waals surface area contributed by atoms with Gasteiger partial charge in [0.05, 0.1) is 0 Å². The van der Waals surface area contributed by atoms with Gasteiger partial charge in [-0.1, -0.05) is 24.3 Å². The molecule has 0 bridgehead atoms. The minimum Gasteiger partial charge on any atom is -0.368 e. The quantitative estimate of drug-likeness (QED) is 0.718. The van der Waals surface area contributed by atoms with Gasteiger partial charge in [-0.05, 0) is 49.2 Å². The molecule has 0 saturated carbocycles. The normalized spacial score (nSPS) is 17.3. The Kier molecular flexibility index (Phi) is 5.93. The summed E-state index contributed by atoms with van der Waals surface area (Å²) < 4.78 is 0. The Morgan fingerprint density at radius 1 is 0.600 bits per heavy atom. The van der Waals surface area contributed by atoms with E-state index in [0.29, 0.717) is 26.2 Å². The lowest BCUT2D eigenvalue weighted by Crippen LogP contribution is -2.56. The number of anilines is 2. The standard InChI is InChI=1S/C24H30N4O2/c1-19-5-3-7-21(17-19)25-9-13-27(14-10-25)23(29)24(30)28-15-11-26(12-16-28)22-8-4-6-20(2)18-22/h3-8,17-18H,9-16H2,1-2H3. The summed E-state index contributed by atoms with van der Waals surface area (Å²) in [6.45, 7) is 9.52. The van der Waals surface area contributed by atoms with Gasteiger partial charge < -0.3 is 19.6 Å². The Labute approximate surface area is 178 Å². The number of amides is 2. The van der Waals surface area contributed by atoms with E-state index in [2.05, 4.69) is 72.2 Å². The predicted molar refractivity (Wildman–Crippen MR) is 120 cm³/mol. The zero-order valence-corrected chi connectivity index (χ0v) is 17.9. The number of piperazine rings is 2. The molecule has 0 spiro atoms. The highest BCUT2D eigenvalue weighted by atomic mass is 16.2. The monoisotopic (exact) mass is 406 g/mol. The van der Waals surface area contributed by atoms with Crippen LogP contribution < -0.4 is 9.80 Å². The van der Waals surface area contributed by atoms with E-state index in [1.807, 2.05) is 0 Å². The van der Waals surface area contributed by atoms with Crippen LogP contribution in [-0.2, 0) is 9.59 Å². The van der Waals surface area contributed by atoms with Gasteiger partial charge in [0.25, 0.3) is 0 Å². The summed E-state index contributed by atoms with van der Waals surface area (Å²) >= 11 is 0. The first-order valence-electron chi connectivity index (χ1n) is 10.7. The maximum atomic E-state index is 12.8. The first-order valence-corrected chi connectivity index (χ1v) is 10.7. The number of nitrogens with zero attached hydrogens (tertiary/aromatic N) is 4. The Hall–Kier alpha value is -3.02. The number of carbonyl (C=O) groups is 2. The zero-order valence-electron chi connectivity index (χ0n) is 17.9. The van der Waals surface area contributed by atoms with Crippen molar-refractivity contribution in [2.45, 2.75) is 13.8 Å². The van der Waals surface area contributed by atoms with Crippen molar-refractivity contribution < 1.29 is 9.59 Å². The molecule has 2 aliphatic rings. The first-order chi connectivity index (χ1) is 14.5. The first kappa shape index (κ1) is 20.3. The van der Waals surface area contributed by atoms with Gasteiger partial charge in [0.15, 0.2) is 0 Å². The molecular weight excluding hydrogens is 376 g/mol. The van der Waals surface area contributed by atoms with Gasteiger partial charge in [0, 0.05) is 63.7 Å². The highest BCUT2D eigenvalue weighted by Crippen LogP contribution is 2.20. The SMILES string of the molecule is Cc1cccc(N2CCN(C(=O)C(=O)N3CCN(c4cccc(C)c4)CC3)CC2)c1. The van der Waals surface area contributed by atoms with Crippen molar-refractivity contribution in [1.29, 1.82) is 0 Å². The van der Waals surface area contributed by atoms with E-state index in [9.17, 15) is 9.59 Å². The molecule has 0 unspecified atom stereocenters. The fraction of sp³-hybridized carbons (Fsp3) is 0.417. The second-order valence-electron chi connectivity index (χ2n) is 8.24. The third-order valence-electron chi connectivity index (χ3n) is 6.05. The maximum absolute atomic E-state index is 12.8. The van der Waals surface area contributed by atoms with Crippen LogP contribution in [0.5, 0.6) is 0 Å². The molecule has 0 radical (unpaired) electrons. The Morgan fingerprint density at radius 2 is 0.967 bits per heavy atom. The maximum Gasteiger partial charge on any atom is 0.312 e. The van der Waals surface area contributed by atoms with Crippen LogP contribution in [-0.4, -0.2) is 74.0 Å². The molecule has 0 N–H and O–H groups in total. The molecule has 2 aromatic rings. The topological polar surface area (TPSA) is 47.1 Å². The molecular formula is C24H30N4O2. The Morgan fingerprint density at radius 3 is 1.30 bits per heavy atom. The van der Waals surface area contributed by atoms with Crippen LogP contribution in [0.15, 0.2) is 48.5 Å². The molecule has 4 rings (SSSR count). The summed E-state index contributed by atoms with van der Waals surface area (Å²) in [5, 5.41) is 0. The summed E-state index contributed by atoms with van der Waals surface area (Å²) in [5.74, 6) is -0.717. The van der Waals surface area contributed by atoms with E-state index in [0.717, 1.165) is 26.2 Å². The van der Waals surface area contributed by atoms with E-state index < -0.39 is 0 Å². The lowest BCUT2D eigenvalue weighted by Gasteiger charge is -2.39. The van der Waals surface area contributed by atoms with Crippen molar-refractivity contribution in [3.63, 3.8) is 0 Å². The molecule has 2 aliphatic heterocycles. The number of rotatable bonds is 2. The summed E-state index contributed by atoms with van der Waals surface area (Å²) in [4.78, 5) is 33.6.